The van der Waals surface area contributed by atoms with Gasteiger partial charge in [0.2, 0.25) is 0 Å². The molecule has 1 amide bonds. The van der Waals surface area contributed by atoms with Crippen LogP contribution in [0.15, 0.2) is 55.1 Å². The highest BCUT2D eigenvalue weighted by molar-refractivity contribution is 5.94. The first-order chi connectivity index (χ1) is 11.6. The fourth-order valence-corrected chi connectivity index (χ4v) is 2.30. The third-order valence-corrected chi connectivity index (χ3v) is 3.49. The highest BCUT2D eigenvalue weighted by atomic mass is 19.1. The van der Waals surface area contributed by atoms with Crippen LogP contribution in [0.5, 0.6) is 5.75 Å². The minimum atomic E-state index is -0.555. The smallest absolute Gasteiger partial charge is 0.251 e. The van der Waals surface area contributed by atoms with Gasteiger partial charge in [0.15, 0.2) is 0 Å². The Balaban J connectivity index is 1.62. The second-order valence-corrected chi connectivity index (χ2v) is 5.18. The lowest BCUT2D eigenvalue weighted by Crippen LogP contribution is -2.25. The maximum absolute atomic E-state index is 14.1. The van der Waals surface area contributed by atoms with Crippen LogP contribution in [-0.4, -0.2) is 32.3 Å². The molecule has 1 heterocycles. The summed E-state index contributed by atoms with van der Waals surface area (Å²) in [5, 5.41) is 16.0. The van der Waals surface area contributed by atoms with Crippen LogP contribution in [0.25, 0.3) is 5.69 Å². The van der Waals surface area contributed by atoms with Crippen LogP contribution in [0.3, 0.4) is 0 Å². The van der Waals surface area contributed by atoms with Crippen LogP contribution < -0.4 is 5.32 Å². The van der Waals surface area contributed by atoms with Crippen LogP contribution in [0.1, 0.15) is 15.9 Å². The van der Waals surface area contributed by atoms with E-state index in [2.05, 4.69) is 15.4 Å². The highest BCUT2D eigenvalue weighted by Gasteiger charge is 2.11. The number of nitrogens with zero attached hydrogens (tertiary/aromatic N) is 3. The number of aromatic nitrogens is 3. The zero-order chi connectivity index (χ0) is 16.9. The molecule has 0 bridgehead atoms. The maximum Gasteiger partial charge on any atom is 0.251 e. The van der Waals surface area contributed by atoms with Gasteiger partial charge in [-0.05, 0) is 42.3 Å². The van der Waals surface area contributed by atoms with E-state index in [-0.39, 0.29) is 22.9 Å². The molecule has 1 aromatic heterocycles. The monoisotopic (exact) mass is 326 g/mol. The van der Waals surface area contributed by atoms with E-state index in [4.69, 9.17) is 0 Å². The van der Waals surface area contributed by atoms with Crippen LogP contribution in [-0.2, 0) is 6.42 Å². The normalized spacial score (nSPS) is 10.5. The van der Waals surface area contributed by atoms with Crippen LogP contribution in [0.2, 0.25) is 0 Å². The molecule has 0 unspecified atom stereocenters. The molecule has 0 fully saturated rings. The number of hydrogen-bond acceptors (Lipinski definition) is 4. The van der Waals surface area contributed by atoms with E-state index in [0.29, 0.717) is 13.0 Å². The van der Waals surface area contributed by atoms with Gasteiger partial charge in [0, 0.05) is 12.1 Å². The van der Waals surface area contributed by atoms with Gasteiger partial charge in [0.1, 0.15) is 29.9 Å². The number of carbonyl (C=O) groups excluding carboxylic acids is 1. The molecule has 0 aliphatic rings. The molecule has 0 aliphatic carbocycles. The topological polar surface area (TPSA) is 80.0 Å². The molecule has 3 aromatic rings. The summed E-state index contributed by atoms with van der Waals surface area (Å²) in [5.41, 5.74) is 1.36. The summed E-state index contributed by atoms with van der Waals surface area (Å²) in [5.74, 6) is -0.732. The van der Waals surface area contributed by atoms with E-state index in [1.807, 2.05) is 6.07 Å². The van der Waals surface area contributed by atoms with Gasteiger partial charge in [0.25, 0.3) is 5.91 Å². The molecule has 0 atom stereocenters. The third-order valence-electron chi connectivity index (χ3n) is 3.49. The number of amides is 1. The predicted octanol–water partition coefficient (Wildman–Crippen LogP) is 2.08. The number of hydrogen-bond donors (Lipinski definition) is 2. The van der Waals surface area contributed by atoms with Crippen molar-refractivity contribution in [2.45, 2.75) is 6.42 Å². The van der Waals surface area contributed by atoms with Crippen molar-refractivity contribution in [2.24, 2.45) is 0 Å². The summed E-state index contributed by atoms with van der Waals surface area (Å²) in [7, 11) is 0. The van der Waals surface area contributed by atoms with E-state index in [9.17, 15) is 14.3 Å². The van der Waals surface area contributed by atoms with Gasteiger partial charge in [-0.15, -0.1) is 0 Å². The highest BCUT2D eigenvalue weighted by Crippen LogP contribution is 2.14. The SMILES string of the molecule is O=C(NCCc1cccc(O)c1)c1ccc(-n2cncn2)c(F)c1. The third kappa shape index (κ3) is 3.57. The molecule has 0 radical (unpaired) electrons. The summed E-state index contributed by atoms with van der Waals surface area (Å²) >= 11 is 0. The van der Waals surface area contributed by atoms with Gasteiger partial charge in [-0.25, -0.2) is 14.1 Å². The second kappa shape index (κ2) is 6.91. The molecule has 7 heteroatoms. The van der Waals surface area contributed by atoms with E-state index in [1.165, 1.54) is 35.5 Å². The average Bonchev–Trinajstić information content (AvgIpc) is 3.09. The molecule has 0 saturated heterocycles. The molecule has 0 aliphatic heterocycles. The Bertz CT molecular complexity index is 850. The summed E-state index contributed by atoms with van der Waals surface area (Å²) < 4.78 is 15.4. The Morgan fingerprint density at radius 2 is 2.12 bits per heavy atom. The zero-order valence-corrected chi connectivity index (χ0v) is 12.7. The fourth-order valence-electron chi connectivity index (χ4n) is 2.30. The van der Waals surface area contributed by atoms with Gasteiger partial charge in [0.05, 0.1) is 0 Å². The first-order valence-electron chi connectivity index (χ1n) is 7.34. The molecule has 2 N–H and O–H groups in total. The molecule has 24 heavy (non-hydrogen) atoms. The van der Waals surface area contributed by atoms with Crippen LogP contribution in [0.4, 0.5) is 4.39 Å². The van der Waals surface area contributed by atoms with Crippen molar-refractivity contribution >= 4 is 5.91 Å². The molecule has 122 valence electrons. The van der Waals surface area contributed by atoms with Gasteiger partial charge in [-0.1, -0.05) is 12.1 Å². The Labute approximate surface area is 137 Å². The van der Waals surface area contributed by atoms with Gasteiger partial charge in [-0.3, -0.25) is 4.79 Å². The van der Waals surface area contributed by atoms with Crippen molar-refractivity contribution in [3.63, 3.8) is 0 Å². The van der Waals surface area contributed by atoms with E-state index in [0.717, 1.165) is 5.56 Å². The van der Waals surface area contributed by atoms with E-state index in [1.54, 1.807) is 18.2 Å². The van der Waals surface area contributed by atoms with E-state index >= 15 is 0 Å². The summed E-state index contributed by atoms with van der Waals surface area (Å²) in [6.45, 7) is 0.384. The quantitative estimate of drug-likeness (QED) is 0.752. The van der Waals surface area contributed by atoms with Crippen molar-refractivity contribution in [3.8, 4) is 11.4 Å². The predicted molar refractivity (Wildman–Crippen MR) is 85.5 cm³/mol. The minimum absolute atomic E-state index is 0.185. The zero-order valence-electron chi connectivity index (χ0n) is 12.7. The molecule has 0 spiro atoms. The first kappa shape index (κ1) is 15.7. The average molecular weight is 326 g/mol. The standard InChI is InChI=1S/C17H15FN4O2/c18-15-9-13(4-5-16(15)22-11-19-10-21-22)17(24)20-7-6-12-2-1-3-14(23)8-12/h1-5,8-11,23H,6-7H2,(H,20,24). The number of nitrogens with one attached hydrogen (secondary N) is 1. The number of carbonyl (C=O) groups is 1. The maximum atomic E-state index is 14.1. The molecular weight excluding hydrogens is 311 g/mol. The van der Waals surface area contributed by atoms with Gasteiger partial charge < -0.3 is 10.4 Å². The Kier molecular flexibility index (Phi) is 4.51. The number of aromatic hydroxyl groups is 1. The fraction of sp³-hybridized carbons (Fsp3) is 0.118. The number of benzene rings is 2. The van der Waals surface area contributed by atoms with Crippen LogP contribution >= 0.6 is 0 Å². The molecule has 3 rings (SSSR count). The minimum Gasteiger partial charge on any atom is -0.508 e. The lowest BCUT2D eigenvalue weighted by atomic mass is 10.1. The summed E-state index contributed by atoms with van der Waals surface area (Å²) in [6, 6.07) is 11.0. The Hall–Kier alpha value is -3.22. The molecular formula is C17H15FN4O2. The number of phenols is 1. The number of halogens is 1. The van der Waals surface area contributed by atoms with Crippen molar-refractivity contribution in [3.05, 3.63) is 72.1 Å². The van der Waals surface area contributed by atoms with Crippen molar-refractivity contribution in [1.29, 1.82) is 0 Å². The van der Waals surface area contributed by atoms with Crippen LogP contribution in [0, 0.1) is 5.82 Å². The van der Waals surface area contributed by atoms with Crippen molar-refractivity contribution in [2.75, 3.05) is 6.54 Å². The molecule has 0 saturated carbocycles. The van der Waals surface area contributed by atoms with Gasteiger partial charge in [-0.2, -0.15) is 5.10 Å². The Morgan fingerprint density at radius 1 is 1.25 bits per heavy atom. The second-order valence-electron chi connectivity index (χ2n) is 5.18. The van der Waals surface area contributed by atoms with Gasteiger partial charge >= 0.3 is 0 Å². The first-order valence-corrected chi connectivity index (χ1v) is 7.34. The van der Waals surface area contributed by atoms with Crippen molar-refractivity contribution < 1.29 is 14.3 Å². The largest absolute Gasteiger partial charge is 0.508 e. The van der Waals surface area contributed by atoms with Crippen molar-refractivity contribution in [1.82, 2.24) is 20.1 Å². The summed E-state index contributed by atoms with van der Waals surface area (Å²) in [6.07, 6.45) is 3.26. The lowest BCUT2D eigenvalue weighted by molar-refractivity contribution is 0.0953. The molecule has 6 nitrogen and oxygen atoms in total. The number of phenolic OH excluding ortho intramolecular Hbond substituents is 1. The summed E-state index contributed by atoms with van der Waals surface area (Å²) in [4.78, 5) is 15.9. The van der Waals surface area contributed by atoms with E-state index < -0.39 is 5.82 Å². The lowest BCUT2D eigenvalue weighted by Gasteiger charge is -2.08. The number of rotatable bonds is 5. The Morgan fingerprint density at radius 3 is 2.83 bits per heavy atom. The molecule has 2 aromatic carbocycles.